The number of nitrogens with one attached hydrogen (secondary N) is 1. The van der Waals surface area contributed by atoms with Crippen LogP contribution in [0.15, 0.2) is 23.3 Å². The van der Waals surface area contributed by atoms with Crippen molar-refractivity contribution in [2.24, 2.45) is 0 Å². The molecule has 0 saturated heterocycles. The van der Waals surface area contributed by atoms with Crippen LogP contribution in [0, 0.1) is 0 Å². The van der Waals surface area contributed by atoms with E-state index in [2.05, 4.69) is 9.97 Å². The number of H-pyrrole nitrogens is 1. The zero-order valence-electron chi connectivity index (χ0n) is 8.21. The maximum atomic E-state index is 12.7. The molecule has 17 heavy (non-hydrogen) atoms. The van der Waals surface area contributed by atoms with Gasteiger partial charge in [-0.1, -0.05) is 0 Å². The molecule has 1 heterocycles. The molecule has 7 heteroatoms. The van der Waals surface area contributed by atoms with Crippen LogP contribution in [-0.2, 0) is 6.18 Å². The number of alkyl halides is 3. The second kappa shape index (κ2) is 3.69. The van der Waals surface area contributed by atoms with Crippen LogP contribution in [0.3, 0.4) is 0 Å². The van der Waals surface area contributed by atoms with Crippen molar-refractivity contribution < 1.29 is 18.0 Å². The minimum absolute atomic E-state index is 0.219. The molecule has 4 nitrogen and oxygen atoms in total. The highest BCUT2D eigenvalue weighted by Gasteiger charge is 2.34. The van der Waals surface area contributed by atoms with Crippen LogP contribution in [-0.4, -0.2) is 16.3 Å². The van der Waals surface area contributed by atoms with Crippen molar-refractivity contribution in [3.8, 4) is 0 Å². The lowest BCUT2D eigenvalue weighted by Gasteiger charge is -2.09. The quantitative estimate of drug-likeness (QED) is 0.775. The van der Waals surface area contributed by atoms with Crippen molar-refractivity contribution in [2.75, 3.05) is 0 Å². The van der Waals surface area contributed by atoms with E-state index >= 15 is 0 Å². The van der Waals surface area contributed by atoms with E-state index in [1.165, 1.54) is 0 Å². The molecule has 0 aliphatic carbocycles. The maximum absolute atomic E-state index is 12.7. The Labute approximate surface area is 92.1 Å². The van der Waals surface area contributed by atoms with Crippen molar-refractivity contribution in [3.05, 3.63) is 39.9 Å². The average Bonchev–Trinajstić information content (AvgIpc) is 2.27. The van der Waals surface area contributed by atoms with Gasteiger partial charge >= 0.3 is 6.18 Å². The molecule has 88 valence electrons. The van der Waals surface area contributed by atoms with Crippen LogP contribution in [0.2, 0.25) is 0 Å². The van der Waals surface area contributed by atoms with Gasteiger partial charge in [-0.25, -0.2) is 4.98 Å². The Balaban J connectivity index is 2.96. The first-order chi connectivity index (χ1) is 7.93. The topological polar surface area (TPSA) is 62.8 Å². The summed E-state index contributed by atoms with van der Waals surface area (Å²) in [6.45, 7) is 0. The molecule has 0 fully saturated rings. The smallest absolute Gasteiger partial charge is 0.313 e. The molecule has 0 atom stereocenters. The predicted molar refractivity (Wildman–Crippen MR) is 52.8 cm³/mol. The number of nitrogens with zero attached hydrogens (tertiary/aromatic N) is 1. The summed E-state index contributed by atoms with van der Waals surface area (Å²) in [6, 6.07) is 1.74. The number of aromatic amines is 1. The van der Waals surface area contributed by atoms with E-state index in [0.717, 1.165) is 12.4 Å². The normalized spacial score (nSPS) is 11.7. The van der Waals surface area contributed by atoms with Gasteiger partial charge in [0.25, 0.3) is 5.56 Å². The number of fused-ring (bicyclic) bond motifs is 1. The summed E-state index contributed by atoms with van der Waals surface area (Å²) in [5.74, 6) is 0. The third kappa shape index (κ3) is 1.91. The van der Waals surface area contributed by atoms with Gasteiger partial charge in [0.15, 0.2) is 0 Å². The van der Waals surface area contributed by atoms with Gasteiger partial charge in [-0.3, -0.25) is 9.59 Å². The first kappa shape index (κ1) is 11.3. The molecule has 0 spiro atoms. The SMILES string of the molecule is O=Cc1cc(C(F)(F)F)c2nc[nH]c(=O)c2c1. The molecule has 1 aromatic heterocycles. The second-order valence-electron chi connectivity index (χ2n) is 3.31. The maximum Gasteiger partial charge on any atom is 0.418 e. The molecule has 2 rings (SSSR count). The third-order valence-electron chi connectivity index (χ3n) is 2.21. The molecule has 2 aromatic rings. The minimum atomic E-state index is -4.67. The summed E-state index contributed by atoms with van der Waals surface area (Å²) in [5, 5.41) is -0.260. The van der Waals surface area contributed by atoms with Crippen molar-refractivity contribution in [2.45, 2.75) is 6.18 Å². The van der Waals surface area contributed by atoms with Crippen molar-refractivity contribution in [1.29, 1.82) is 0 Å². The van der Waals surface area contributed by atoms with E-state index in [1.54, 1.807) is 0 Å². The van der Waals surface area contributed by atoms with Crippen molar-refractivity contribution >= 4 is 17.2 Å². The largest absolute Gasteiger partial charge is 0.418 e. The lowest BCUT2D eigenvalue weighted by atomic mass is 10.1. The summed E-state index contributed by atoms with van der Waals surface area (Å²) in [7, 11) is 0. The van der Waals surface area contributed by atoms with Gasteiger partial charge in [-0.2, -0.15) is 13.2 Å². The van der Waals surface area contributed by atoms with Crippen LogP contribution in [0.25, 0.3) is 10.9 Å². The van der Waals surface area contributed by atoms with Gasteiger partial charge in [-0.15, -0.1) is 0 Å². The van der Waals surface area contributed by atoms with E-state index in [9.17, 15) is 22.8 Å². The van der Waals surface area contributed by atoms with Gasteiger partial charge in [0.1, 0.15) is 6.29 Å². The molecule has 0 radical (unpaired) electrons. The molecular formula is C10H5F3N2O2. The molecule has 0 aliphatic rings. The number of carbonyl (C=O) groups excluding carboxylic acids is 1. The number of halogens is 3. The van der Waals surface area contributed by atoms with E-state index in [0.29, 0.717) is 6.07 Å². The number of hydrogen-bond donors (Lipinski definition) is 1. The Kier molecular flexibility index (Phi) is 2.45. The molecule has 0 unspecified atom stereocenters. The fraction of sp³-hybridized carbons (Fsp3) is 0.100. The Bertz CT molecular complexity index is 646. The number of hydrogen-bond acceptors (Lipinski definition) is 3. The summed E-state index contributed by atoms with van der Waals surface area (Å²) in [6.07, 6.45) is -3.53. The van der Waals surface area contributed by atoms with E-state index in [4.69, 9.17) is 0 Å². The van der Waals surface area contributed by atoms with Crippen LogP contribution in [0.4, 0.5) is 13.2 Å². The monoisotopic (exact) mass is 242 g/mol. The lowest BCUT2D eigenvalue weighted by Crippen LogP contribution is -2.13. The van der Waals surface area contributed by atoms with E-state index in [-0.39, 0.29) is 17.2 Å². The highest BCUT2D eigenvalue weighted by atomic mass is 19.4. The lowest BCUT2D eigenvalue weighted by molar-refractivity contribution is -0.136. The molecule has 1 N–H and O–H groups in total. The fourth-order valence-electron chi connectivity index (χ4n) is 1.49. The van der Waals surface area contributed by atoms with E-state index in [1.807, 2.05) is 0 Å². The van der Waals surface area contributed by atoms with Gasteiger partial charge in [0, 0.05) is 5.56 Å². The summed E-state index contributed by atoms with van der Waals surface area (Å²) >= 11 is 0. The Morgan fingerprint density at radius 1 is 1.29 bits per heavy atom. The number of carbonyl (C=O) groups is 1. The average molecular weight is 242 g/mol. The van der Waals surface area contributed by atoms with Gasteiger partial charge in [0.05, 0.1) is 22.8 Å². The molecule has 0 bridgehead atoms. The number of rotatable bonds is 1. The molecule has 0 amide bonds. The number of aldehydes is 1. The summed E-state index contributed by atoms with van der Waals surface area (Å²) in [4.78, 5) is 27.5. The third-order valence-corrected chi connectivity index (χ3v) is 2.21. The van der Waals surface area contributed by atoms with E-state index < -0.39 is 22.8 Å². The van der Waals surface area contributed by atoms with Crippen molar-refractivity contribution in [3.63, 3.8) is 0 Å². The second-order valence-corrected chi connectivity index (χ2v) is 3.31. The van der Waals surface area contributed by atoms with Gasteiger partial charge in [0.2, 0.25) is 0 Å². The van der Waals surface area contributed by atoms with Crippen LogP contribution in [0.5, 0.6) is 0 Å². The summed E-state index contributed by atoms with van der Waals surface area (Å²) < 4.78 is 38.1. The first-order valence-corrected chi connectivity index (χ1v) is 4.47. The molecule has 1 aromatic carbocycles. The standard InChI is InChI=1S/C10H5F3N2O2/c11-10(12,13)7-2-5(3-16)1-6-8(7)14-4-15-9(6)17/h1-4H,(H,14,15,17). The van der Waals surface area contributed by atoms with Crippen LogP contribution in [0.1, 0.15) is 15.9 Å². The minimum Gasteiger partial charge on any atom is -0.313 e. The Hall–Kier alpha value is -2.18. The predicted octanol–water partition coefficient (Wildman–Crippen LogP) is 1.75. The highest BCUT2D eigenvalue weighted by Crippen LogP contribution is 2.33. The van der Waals surface area contributed by atoms with Crippen LogP contribution < -0.4 is 5.56 Å². The Morgan fingerprint density at radius 2 is 2.00 bits per heavy atom. The fourth-order valence-corrected chi connectivity index (χ4v) is 1.49. The van der Waals surface area contributed by atoms with Crippen molar-refractivity contribution in [1.82, 2.24) is 9.97 Å². The van der Waals surface area contributed by atoms with Gasteiger partial charge < -0.3 is 4.98 Å². The zero-order chi connectivity index (χ0) is 12.6. The number of aromatic nitrogens is 2. The summed E-state index contributed by atoms with van der Waals surface area (Å²) in [5.41, 5.74) is -2.50. The number of benzene rings is 1. The van der Waals surface area contributed by atoms with Gasteiger partial charge in [-0.05, 0) is 12.1 Å². The Morgan fingerprint density at radius 3 is 2.59 bits per heavy atom. The molecule has 0 aliphatic heterocycles. The first-order valence-electron chi connectivity index (χ1n) is 4.47. The molecular weight excluding hydrogens is 237 g/mol. The highest BCUT2D eigenvalue weighted by molar-refractivity contribution is 5.88. The zero-order valence-corrected chi connectivity index (χ0v) is 8.21. The van der Waals surface area contributed by atoms with Crippen LogP contribution >= 0.6 is 0 Å². The molecule has 0 saturated carbocycles.